The highest BCUT2D eigenvalue weighted by atomic mass is 19.1. The monoisotopic (exact) mass is 407 g/mol. The summed E-state index contributed by atoms with van der Waals surface area (Å²) in [5.41, 5.74) is 2.95. The van der Waals surface area contributed by atoms with Crippen molar-refractivity contribution in [1.29, 1.82) is 0 Å². The summed E-state index contributed by atoms with van der Waals surface area (Å²) in [5.74, 6) is -0.272. The Morgan fingerprint density at radius 3 is 2.77 bits per heavy atom. The van der Waals surface area contributed by atoms with E-state index in [-0.39, 0.29) is 12.5 Å². The van der Waals surface area contributed by atoms with Crippen molar-refractivity contribution >= 4 is 22.5 Å². The second kappa shape index (κ2) is 7.33. The third-order valence-corrected chi connectivity index (χ3v) is 4.77. The lowest BCUT2D eigenvalue weighted by molar-refractivity contribution is 0.102. The fourth-order valence-electron chi connectivity index (χ4n) is 3.39. The molecule has 0 atom stereocenters. The molecule has 0 saturated carbocycles. The lowest BCUT2D eigenvalue weighted by Crippen LogP contribution is -2.21. The number of alkyl halides is 1. The molecule has 9 heteroatoms. The summed E-state index contributed by atoms with van der Waals surface area (Å²) < 4.78 is 15.8. The Labute approximate surface area is 172 Å². The van der Waals surface area contributed by atoms with Gasteiger partial charge in [-0.25, -0.2) is 4.39 Å². The van der Waals surface area contributed by atoms with Gasteiger partial charge in [-0.15, -0.1) is 0 Å². The number of rotatable bonds is 5. The Hall–Kier alpha value is -3.62. The molecule has 0 spiro atoms. The fourth-order valence-corrected chi connectivity index (χ4v) is 3.39. The van der Waals surface area contributed by atoms with Crippen molar-refractivity contribution in [3.63, 3.8) is 0 Å². The van der Waals surface area contributed by atoms with Crippen molar-refractivity contribution in [3.8, 4) is 11.4 Å². The highest BCUT2D eigenvalue weighted by Gasteiger charge is 2.20. The summed E-state index contributed by atoms with van der Waals surface area (Å²) in [6.07, 6.45) is 6.52. The first-order valence-corrected chi connectivity index (χ1v) is 9.51. The molecule has 154 valence electrons. The van der Waals surface area contributed by atoms with Crippen LogP contribution in [-0.4, -0.2) is 41.5 Å². The molecule has 0 fully saturated rings. The van der Waals surface area contributed by atoms with Crippen LogP contribution >= 0.6 is 0 Å². The van der Waals surface area contributed by atoms with E-state index in [1.165, 1.54) is 20.0 Å². The summed E-state index contributed by atoms with van der Waals surface area (Å²) in [6.45, 7) is 6.79. The molecule has 0 aliphatic rings. The van der Waals surface area contributed by atoms with Gasteiger partial charge in [0.2, 0.25) is 0 Å². The van der Waals surface area contributed by atoms with Crippen molar-refractivity contribution in [2.75, 3.05) is 5.32 Å². The maximum absolute atomic E-state index is 14.1. The molecule has 0 aromatic carbocycles. The molecule has 8 nitrogen and oxygen atoms in total. The first kappa shape index (κ1) is 19.7. The van der Waals surface area contributed by atoms with Gasteiger partial charge in [0.25, 0.3) is 5.91 Å². The van der Waals surface area contributed by atoms with Crippen LogP contribution in [0, 0.1) is 13.8 Å². The third kappa shape index (κ3) is 3.78. The summed E-state index contributed by atoms with van der Waals surface area (Å²) >= 11 is 0. The molecule has 4 rings (SSSR count). The van der Waals surface area contributed by atoms with Crippen molar-refractivity contribution in [1.82, 2.24) is 29.9 Å². The average molecular weight is 407 g/mol. The van der Waals surface area contributed by atoms with Gasteiger partial charge in [-0.1, -0.05) is 0 Å². The van der Waals surface area contributed by atoms with Gasteiger partial charge in [0.05, 0.1) is 47.1 Å². The lowest BCUT2D eigenvalue weighted by Gasteiger charge is -2.14. The number of nitrogens with zero attached hydrogens (tertiary/aromatic N) is 5. The van der Waals surface area contributed by atoms with Gasteiger partial charge in [-0.3, -0.25) is 24.5 Å². The molecule has 0 saturated heterocycles. The van der Waals surface area contributed by atoms with Crippen LogP contribution in [0.25, 0.3) is 22.3 Å². The van der Waals surface area contributed by atoms with Crippen LogP contribution in [0.5, 0.6) is 0 Å². The Morgan fingerprint density at radius 2 is 2.03 bits per heavy atom. The van der Waals surface area contributed by atoms with Gasteiger partial charge < -0.3 is 5.32 Å². The molecule has 0 unspecified atom stereocenters. The van der Waals surface area contributed by atoms with E-state index < -0.39 is 5.67 Å². The Kier molecular flexibility index (Phi) is 4.81. The van der Waals surface area contributed by atoms with Crippen LogP contribution in [0.1, 0.15) is 35.5 Å². The number of aromatic nitrogens is 6. The zero-order valence-corrected chi connectivity index (χ0v) is 17.2. The van der Waals surface area contributed by atoms with Crippen molar-refractivity contribution in [2.45, 2.75) is 39.9 Å². The van der Waals surface area contributed by atoms with E-state index in [0.717, 1.165) is 16.5 Å². The molecule has 30 heavy (non-hydrogen) atoms. The second-order valence-corrected chi connectivity index (χ2v) is 7.85. The maximum atomic E-state index is 14.1. The molecule has 0 bridgehead atoms. The normalized spacial score (nSPS) is 11.8. The molecule has 0 aliphatic carbocycles. The smallest absolute Gasteiger partial charge is 0.257 e. The number of halogens is 1. The molecular weight excluding hydrogens is 385 g/mol. The zero-order valence-electron chi connectivity index (χ0n) is 17.2. The standard InChI is InChI=1S/C21H22FN7O/c1-12-5-6-23-13(2)18(12)20(30)27-16-10-25-28-19(16)15-7-17-14(8-24-15)9-26-29(17)11-21(3,4)22/h5-10H,11H2,1-4H3,(H,25,28)(H,27,30). The van der Waals surface area contributed by atoms with E-state index in [4.69, 9.17) is 0 Å². The minimum Gasteiger partial charge on any atom is -0.319 e. The highest BCUT2D eigenvalue weighted by Crippen LogP contribution is 2.28. The molecule has 0 radical (unpaired) electrons. The fraction of sp³-hybridized carbons (Fsp3) is 0.286. The lowest BCUT2D eigenvalue weighted by atomic mass is 10.1. The molecule has 4 aromatic rings. The van der Waals surface area contributed by atoms with Gasteiger partial charge in [-0.05, 0) is 45.4 Å². The van der Waals surface area contributed by atoms with Crippen LogP contribution in [0.4, 0.5) is 10.1 Å². The number of carbonyl (C=O) groups excluding carboxylic acids is 1. The number of nitrogens with one attached hydrogen (secondary N) is 2. The number of hydrogen-bond acceptors (Lipinski definition) is 5. The highest BCUT2D eigenvalue weighted by molar-refractivity contribution is 6.07. The van der Waals surface area contributed by atoms with E-state index in [1.807, 2.05) is 6.92 Å². The van der Waals surface area contributed by atoms with E-state index in [9.17, 15) is 9.18 Å². The molecule has 2 N–H and O–H groups in total. The number of hydrogen-bond donors (Lipinski definition) is 2. The number of carbonyl (C=O) groups is 1. The van der Waals surface area contributed by atoms with E-state index in [0.29, 0.717) is 28.3 Å². The SMILES string of the molecule is Cc1ccnc(C)c1C(=O)Nc1cn[nH]c1-c1cc2c(cn1)cnn2CC(C)(C)F. The van der Waals surface area contributed by atoms with Gasteiger partial charge in [0, 0.05) is 17.8 Å². The Balaban J connectivity index is 1.68. The first-order valence-electron chi connectivity index (χ1n) is 9.51. The first-order chi connectivity index (χ1) is 14.2. The maximum Gasteiger partial charge on any atom is 0.257 e. The Bertz CT molecular complexity index is 1220. The van der Waals surface area contributed by atoms with E-state index >= 15 is 0 Å². The molecule has 1 amide bonds. The van der Waals surface area contributed by atoms with Crippen LogP contribution in [0.15, 0.2) is 36.9 Å². The number of aryl methyl sites for hydroxylation is 2. The number of amides is 1. The number of pyridine rings is 2. The van der Waals surface area contributed by atoms with Crippen LogP contribution in [0.3, 0.4) is 0 Å². The molecule has 0 aliphatic heterocycles. The largest absolute Gasteiger partial charge is 0.319 e. The molecular formula is C21H22FN7O. The summed E-state index contributed by atoms with van der Waals surface area (Å²) in [7, 11) is 0. The number of fused-ring (bicyclic) bond motifs is 1. The zero-order chi connectivity index (χ0) is 21.5. The Morgan fingerprint density at radius 1 is 1.23 bits per heavy atom. The molecule has 4 heterocycles. The van der Waals surface area contributed by atoms with Crippen molar-refractivity contribution in [2.24, 2.45) is 0 Å². The predicted molar refractivity (Wildman–Crippen MR) is 112 cm³/mol. The average Bonchev–Trinajstić information content (AvgIpc) is 3.27. The number of aromatic amines is 1. The van der Waals surface area contributed by atoms with Crippen LogP contribution < -0.4 is 5.32 Å². The summed E-state index contributed by atoms with van der Waals surface area (Å²) in [6, 6.07) is 3.60. The second-order valence-electron chi connectivity index (χ2n) is 7.85. The van der Waals surface area contributed by atoms with Crippen molar-refractivity contribution < 1.29 is 9.18 Å². The van der Waals surface area contributed by atoms with Gasteiger partial charge in [0.15, 0.2) is 0 Å². The quantitative estimate of drug-likeness (QED) is 0.523. The predicted octanol–water partition coefficient (Wildman–Crippen LogP) is 3.83. The van der Waals surface area contributed by atoms with Gasteiger partial charge in [0.1, 0.15) is 11.4 Å². The number of H-pyrrole nitrogens is 1. The number of anilines is 1. The van der Waals surface area contributed by atoms with Gasteiger partial charge >= 0.3 is 0 Å². The minimum absolute atomic E-state index is 0.117. The van der Waals surface area contributed by atoms with Crippen molar-refractivity contribution in [3.05, 3.63) is 53.7 Å². The van der Waals surface area contributed by atoms with Crippen LogP contribution in [-0.2, 0) is 6.54 Å². The minimum atomic E-state index is -1.41. The third-order valence-electron chi connectivity index (χ3n) is 4.77. The topological polar surface area (TPSA) is 101 Å². The van der Waals surface area contributed by atoms with E-state index in [1.54, 1.807) is 42.3 Å². The summed E-state index contributed by atoms with van der Waals surface area (Å²) in [4.78, 5) is 21.5. The van der Waals surface area contributed by atoms with Crippen LogP contribution in [0.2, 0.25) is 0 Å². The van der Waals surface area contributed by atoms with Gasteiger partial charge in [-0.2, -0.15) is 10.2 Å². The molecule has 4 aromatic heterocycles. The van der Waals surface area contributed by atoms with E-state index in [2.05, 4.69) is 30.6 Å². The summed E-state index contributed by atoms with van der Waals surface area (Å²) in [5, 5.41) is 14.9.